The number of carbonyl (C=O) groups is 3. The first-order valence-electron chi connectivity index (χ1n) is 8.42. The third-order valence-electron chi connectivity index (χ3n) is 4.46. The Morgan fingerprint density at radius 1 is 1.52 bits per heavy atom. The second kappa shape index (κ2) is 8.25. The van der Waals surface area contributed by atoms with Crippen molar-refractivity contribution in [2.24, 2.45) is 11.8 Å². The number of allylic oxidation sites excluding steroid dienone is 1. The first-order valence-corrected chi connectivity index (χ1v) is 8.42. The third kappa shape index (κ3) is 4.45. The molecule has 25 heavy (non-hydrogen) atoms. The summed E-state index contributed by atoms with van der Waals surface area (Å²) in [6, 6.07) is 0. The van der Waals surface area contributed by atoms with E-state index in [-0.39, 0.29) is 24.5 Å². The lowest BCUT2D eigenvalue weighted by Crippen LogP contribution is -2.34. The quantitative estimate of drug-likeness (QED) is 0.361. The minimum Gasteiger partial charge on any atom is -0.461 e. The van der Waals surface area contributed by atoms with E-state index in [1.165, 1.54) is 0 Å². The zero-order valence-corrected chi connectivity index (χ0v) is 14.6. The molecule has 0 aromatic heterocycles. The minimum absolute atomic E-state index is 0.173. The van der Waals surface area contributed by atoms with Crippen molar-refractivity contribution in [2.75, 3.05) is 6.61 Å². The van der Waals surface area contributed by atoms with Crippen LogP contribution in [0, 0.1) is 11.8 Å². The van der Waals surface area contributed by atoms with Crippen molar-refractivity contribution in [3.8, 4) is 0 Å². The lowest BCUT2D eigenvalue weighted by atomic mass is 9.85. The lowest BCUT2D eigenvalue weighted by molar-refractivity contribution is -0.155. The van der Waals surface area contributed by atoms with E-state index in [1.54, 1.807) is 26.0 Å². The Kier molecular flexibility index (Phi) is 6.31. The topological polar surface area (TPSA) is 89.9 Å². The molecule has 0 radical (unpaired) electrons. The summed E-state index contributed by atoms with van der Waals surface area (Å²) in [5.74, 6) is -1.89. The van der Waals surface area contributed by atoms with Crippen LogP contribution in [0.15, 0.2) is 35.5 Å². The normalized spacial score (nSPS) is 31.3. The summed E-state index contributed by atoms with van der Waals surface area (Å²) in [5, 5.41) is 9.52. The van der Waals surface area contributed by atoms with Crippen molar-refractivity contribution in [3.63, 3.8) is 0 Å². The molecule has 6 nitrogen and oxygen atoms in total. The van der Waals surface area contributed by atoms with Gasteiger partial charge in [0.2, 0.25) is 0 Å². The van der Waals surface area contributed by atoms with E-state index in [1.807, 2.05) is 0 Å². The van der Waals surface area contributed by atoms with E-state index in [2.05, 4.69) is 6.58 Å². The van der Waals surface area contributed by atoms with Gasteiger partial charge in [-0.15, -0.1) is 0 Å². The van der Waals surface area contributed by atoms with Crippen LogP contribution in [-0.4, -0.2) is 42.1 Å². The minimum atomic E-state index is -0.732. The molecular formula is C19H24O6. The second-order valence-corrected chi connectivity index (χ2v) is 6.67. The van der Waals surface area contributed by atoms with Gasteiger partial charge >= 0.3 is 11.9 Å². The second-order valence-electron chi connectivity index (χ2n) is 6.67. The maximum atomic E-state index is 12.1. The van der Waals surface area contributed by atoms with Gasteiger partial charge in [0, 0.05) is 12.0 Å². The van der Waals surface area contributed by atoms with Gasteiger partial charge in [0.05, 0.1) is 18.4 Å². The fraction of sp³-hybridized carbons (Fsp3) is 0.526. The number of hydrogen-bond donors (Lipinski definition) is 1. The highest BCUT2D eigenvalue weighted by Gasteiger charge is 2.44. The molecule has 3 atom stereocenters. The van der Waals surface area contributed by atoms with Crippen molar-refractivity contribution in [1.29, 1.82) is 0 Å². The van der Waals surface area contributed by atoms with Gasteiger partial charge in [0.1, 0.15) is 18.5 Å². The monoisotopic (exact) mass is 348 g/mol. The van der Waals surface area contributed by atoms with Gasteiger partial charge in [-0.05, 0) is 30.1 Å². The molecule has 1 fully saturated rings. The van der Waals surface area contributed by atoms with Gasteiger partial charge in [0.25, 0.3) is 0 Å². The predicted molar refractivity (Wildman–Crippen MR) is 90.4 cm³/mol. The Labute approximate surface area is 147 Å². The van der Waals surface area contributed by atoms with Crippen LogP contribution in [0.4, 0.5) is 0 Å². The maximum Gasteiger partial charge on any atom is 0.334 e. The molecule has 1 aliphatic carbocycles. The van der Waals surface area contributed by atoms with Crippen LogP contribution in [0.2, 0.25) is 0 Å². The Morgan fingerprint density at radius 2 is 2.24 bits per heavy atom. The molecule has 2 rings (SSSR count). The highest BCUT2D eigenvalue weighted by molar-refractivity contribution is 5.91. The summed E-state index contributed by atoms with van der Waals surface area (Å²) in [6.45, 7) is 7.04. The molecule has 0 bridgehead atoms. The zero-order chi connectivity index (χ0) is 18.6. The molecule has 1 aliphatic heterocycles. The third-order valence-corrected chi connectivity index (χ3v) is 4.46. The Bertz CT molecular complexity index is 628. The van der Waals surface area contributed by atoms with E-state index in [0.717, 1.165) is 6.29 Å². The molecule has 136 valence electrons. The van der Waals surface area contributed by atoms with Gasteiger partial charge in [-0.2, -0.15) is 0 Å². The standard InChI is InChI=1S/C19H24O6/c1-11(2)18(22)24-15-7-13(9-20)5-4-6-14(10-21)8-16-17(15)12(3)19(23)25-16/h5,8-9,11,15-17,21H,3-4,6-7,10H2,1-2H3/b13-5+,14-8+/t15?,16-,17-/m1/s1. The molecule has 1 N–H and O–H groups in total. The van der Waals surface area contributed by atoms with Crippen molar-refractivity contribution in [2.45, 2.75) is 45.3 Å². The van der Waals surface area contributed by atoms with Gasteiger partial charge in [-0.1, -0.05) is 26.5 Å². The SMILES string of the molecule is C=C1C(=O)O[C@@H]2/C=C(/CO)CC/C=C(/C=O)CC(OC(=O)C(C)C)[C@@H]12. The first kappa shape index (κ1) is 19.1. The van der Waals surface area contributed by atoms with Crippen molar-refractivity contribution >= 4 is 18.2 Å². The molecule has 0 spiro atoms. The van der Waals surface area contributed by atoms with E-state index in [0.29, 0.717) is 24.0 Å². The van der Waals surface area contributed by atoms with Crippen LogP contribution in [0.25, 0.3) is 0 Å². The smallest absolute Gasteiger partial charge is 0.334 e. The fourth-order valence-electron chi connectivity index (χ4n) is 3.01. The highest BCUT2D eigenvalue weighted by atomic mass is 16.6. The molecular weight excluding hydrogens is 324 g/mol. The number of rotatable bonds is 4. The fourth-order valence-corrected chi connectivity index (χ4v) is 3.01. The number of aliphatic hydroxyl groups excluding tert-OH is 1. The molecule has 1 unspecified atom stereocenters. The number of aliphatic hydroxyl groups is 1. The molecule has 2 aliphatic rings. The highest BCUT2D eigenvalue weighted by Crippen LogP contribution is 2.36. The predicted octanol–water partition coefficient (Wildman–Crippen LogP) is 1.88. The molecule has 1 saturated heterocycles. The molecule has 6 heteroatoms. The van der Waals surface area contributed by atoms with Gasteiger partial charge in [-0.3, -0.25) is 9.59 Å². The Morgan fingerprint density at radius 3 is 2.84 bits per heavy atom. The van der Waals surface area contributed by atoms with E-state index in [4.69, 9.17) is 9.47 Å². The van der Waals surface area contributed by atoms with E-state index >= 15 is 0 Å². The zero-order valence-electron chi connectivity index (χ0n) is 14.6. The van der Waals surface area contributed by atoms with Crippen LogP contribution >= 0.6 is 0 Å². The van der Waals surface area contributed by atoms with Crippen LogP contribution in [0.3, 0.4) is 0 Å². The molecule has 0 aromatic carbocycles. The Balaban J connectivity index is 2.43. The largest absolute Gasteiger partial charge is 0.461 e. The summed E-state index contributed by atoms with van der Waals surface area (Å²) in [7, 11) is 0. The summed E-state index contributed by atoms with van der Waals surface area (Å²) >= 11 is 0. The summed E-state index contributed by atoms with van der Waals surface area (Å²) in [6.07, 6.45) is 4.12. The van der Waals surface area contributed by atoms with Crippen LogP contribution in [0.1, 0.15) is 33.1 Å². The van der Waals surface area contributed by atoms with Gasteiger partial charge in [0.15, 0.2) is 0 Å². The molecule has 0 amide bonds. The van der Waals surface area contributed by atoms with E-state index in [9.17, 15) is 19.5 Å². The number of hydrogen-bond acceptors (Lipinski definition) is 6. The number of ether oxygens (including phenoxy) is 2. The van der Waals surface area contributed by atoms with Crippen LogP contribution < -0.4 is 0 Å². The van der Waals surface area contributed by atoms with Crippen molar-refractivity contribution < 1.29 is 29.0 Å². The Hall–Kier alpha value is -2.21. The summed E-state index contributed by atoms with van der Waals surface area (Å²) in [4.78, 5) is 35.5. The average molecular weight is 348 g/mol. The van der Waals surface area contributed by atoms with Gasteiger partial charge < -0.3 is 14.6 Å². The lowest BCUT2D eigenvalue weighted by Gasteiger charge is -2.27. The number of esters is 2. The van der Waals surface area contributed by atoms with Crippen LogP contribution in [0.5, 0.6) is 0 Å². The maximum absolute atomic E-state index is 12.1. The van der Waals surface area contributed by atoms with E-state index < -0.39 is 30.1 Å². The van der Waals surface area contributed by atoms with Crippen LogP contribution in [-0.2, 0) is 23.9 Å². The molecule has 0 aromatic rings. The molecule has 1 heterocycles. The molecule has 0 saturated carbocycles. The van der Waals surface area contributed by atoms with Crippen molar-refractivity contribution in [1.82, 2.24) is 0 Å². The van der Waals surface area contributed by atoms with Crippen molar-refractivity contribution in [3.05, 3.63) is 35.5 Å². The number of aldehydes is 1. The number of carbonyl (C=O) groups excluding carboxylic acids is 3. The first-order chi connectivity index (χ1) is 11.9. The van der Waals surface area contributed by atoms with Gasteiger partial charge in [-0.25, -0.2) is 4.79 Å². The summed E-state index contributed by atoms with van der Waals surface area (Å²) in [5.41, 5.74) is 1.41. The average Bonchev–Trinajstić information content (AvgIpc) is 2.85. The summed E-state index contributed by atoms with van der Waals surface area (Å²) < 4.78 is 11.0. The number of fused-ring (bicyclic) bond motifs is 1.